The first kappa shape index (κ1) is 12.9. The average Bonchev–Trinajstić information content (AvgIpc) is 2.37. The van der Waals surface area contributed by atoms with E-state index in [1.54, 1.807) is 24.3 Å². The quantitative estimate of drug-likeness (QED) is 0.917. The minimum atomic E-state index is -0.334. The van der Waals surface area contributed by atoms with E-state index in [0.717, 1.165) is 5.56 Å². The number of benzene rings is 2. The molecule has 0 heterocycles. The molecule has 0 bridgehead atoms. The summed E-state index contributed by atoms with van der Waals surface area (Å²) in [6, 6.07) is 13.2. The molecular formula is C14H13ClFNO. The summed E-state index contributed by atoms with van der Waals surface area (Å²) in [5.41, 5.74) is 6.59. The van der Waals surface area contributed by atoms with Crippen LogP contribution in [0, 0.1) is 5.82 Å². The lowest BCUT2D eigenvalue weighted by molar-refractivity contribution is 0.213. The van der Waals surface area contributed by atoms with Gasteiger partial charge in [0, 0.05) is 17.6 Å². The van der Waals surface area contributed by atoms with Crippen LogP contribution in [-0.4, -0.2) is 6.54 Å². The molecule has 2 N–H and O–H groups in total. The fourth-order valence-electron chi connectivity index (χ4n) is 1.63. The van der Waals surface area contributed by atoms with Crippen LogP contribution in [0.15, 0.2) is 48.5 Å². The molecule has 4 heteroatoms. The Hall–Kier alpha value is -1.58. The third kappa shape index (κ3) is 3.22. The maximum atomic E-state index is 13.0. The lowest BCUT2D eigenvalue weighted by atomic mass is 10.1. The van der Waals surface area contributed by atoms with Crippen molar-refractivity contribution >= 4 is 11.6 Å². The molecule has 0 fully saturated rings. The van der Waals surface area contributed by atoms with E-state index in [-0.39, 0.29) is 11.9 Å². The second-order valence-electron chi connectivity index (χ2n) is 3.85. The fourth-order valence-corrected chi connectivity index (χ4v) is 1.76. The molecule has 0 radical (unpaired) electrons. The maximum Gasteiger partial charge on any atom is 0.136 e. The van der Waals surface area contributed by atoms with Crippen LogP contribution in [0.3, 0.4) is 0 Å². The van der Waals surface area contributed by atoms with Crippen molar-refractivity contribution in [1.29, 1.82) is 0 Å². The Kier molecular flexibility index (Phi) is 4.18. The lowest BCUT2D eigenvalue weighted by Crippen LogP contribution is -2.18. The van der Waals surface area contributed by atoms with E-state index in [4.69, 9.17) is 22.1 Å². The molecule has 0 aliphatic carbocycles. The van der Waals surface area contributed by atoms with Gasteiger partial charge in [-0.2, -0.15) is 0 Å². The van der Waals surface area contributed by atoms with Crippen molar-refractivity contribution in [3.63, 3.8) is 0 Å². The highest BCUT2D eigenvalue weighted by Gasteiger charge is 2.11. The van der Waals surface area contributed by atoms with Crippen LogP contribution in [0.1, 0.15) is 11.7 Å². The van der Waals surface area contributed by atoms with Crippen molar-refractivity contribution in [2.24, 2.45) is 5.73 Å². The molecule has 0 aliphatic rings. The van der Waals surface area contributed by atoms with Gasteiger partial charge in [0.2, 0.25) is 0 Å². The smallest absolute Gasteiger partial charge is 0.136 e. The highest BCUT2D eigenvalue weighted by molar-refractivity contribution is 6.30. The van der Waals surface area contributed by atoms with Crippen molar-refractivity contribution < 1.29 is 9.13 Å². The number of hydrogen-bond acceptors (Lipinski definition) is 2. The molecule has 18 heavy (non-hydrogen) atoms. The van der Waals surface area contributed by atoms with E-state index in [1.807, 2.05) is 12.1 Å². The van der Waals surface area contributed by atoms with Crippen LogP contribution in [0.25, 0.3) is 0 Å². The van der Waals surface area contributed by atoms with Crippen LogP contribution in [0.4, 0.5) is 4.39 Å². The molecule has 0 saturated heterocycles. The van der Waals surface area contributed by atoms with Crippen molar-refractivity contribution in [1.82, 2.24) is 0 Å². The first-order valence-electron chi connectivity index (χ1n) is 5.57. The predicted molar refractivity (Wildman–Crippen MR) is 70.3 cm³/mol. The number of halogens is 2. The molecule has 94 valence electrons. The summed E-state index contributed by atoms with van der Waals surface area (Å²) < 4.78 is 18.7. The van der Waals surface area contributed by atoms with E-state index >= 15 is 0 Å². The van der Waals surface area contributed by atoms with Crippen LogP contribution >= 0.6 is 11.6 Å². The SMILES string of the molecule is NCC(Oc1cccc(F)c1)c1ccc(Cl)cc1. The molecule has 2 aromatic rings. The van der Waals surface area contributed by atoms with Gasteiger partial charge in [0.15, 0.2) is 0 Å². The van der Waals surface area contributed by atoms with Gasteiger partial charge < -0.3 is 10.5 Å². The van der Waals surface area contributed by atoms with Gasteiger partial charge in [0.05, 0.1) is 0 Å². The van der Waals surface area contributed by atoms with Gasteiger partial charge in [0.25, 0.3) is 0 Å². The van der Waals surface area contributed by atoms with E-state index < -0.39 is 0 Å². The molecule has 2 nitrogen and oxygen atoms in total. The molecule has 0 aromatic heterocycles. The third-order valence-electron chi connectivity index (χ3n) is 2.53. The lowest BCUT2D eigenvalue weighted by Gasteiger charge is -2.18. The Bertz CT molecular complexity index is 515. The van der Waals surface area contributed by atoms with E-state index in [1.165, 1.54) is 12.1 Å². The predicted octanol–water partition coefficient (Wildman–Crippen LogP) is 3.56. The van der Waals surface area contributed by atoms with Gasteiger partial charge in [0.1, 0.15) is 17.7 Å². The second kappa shape index (κ2) is 5.85. The van der Waals surface area contributed by atoms with Crippen LogP contribution in [0.2, 0.25) is 5.02 Å². The second-order valence-corrected chi connectivity index (χ2v) is 4.29. The molecule has 2 rings (SSSR count). The molecule has 2 aromatic carbocycles. The van der Waals surface area contributed by atoms with E-state index in [9.17, 15) is 4.39 Å². The summed E-state index contributed by atoms with van der Waals surface area (Å²) in [6.45, 7) is 0.304. The molecule has 0 amide bonds. The Morgan fingerprint density at radius 2 is 1.89 bits per heavy atom. The van der Waals surface area contributed by atoms with Gasteiger partial charge in [-0.1, -0.05) is 29.8 Å². The Balaban J connectivity index is 2.17. The van der Waals surface area contributed by atoms with Crippen LogP contribution in [-0.2, 0) is 0 Å². The van der Waals surface area contributed by atoms with Crippen LogP contribution in [0.5, 0.6) is 5.75 Å². The normalized spacial score (nSPS) is 12.2. The summed E-state index contributed by atoms with van der Waals surface area (Å²) in [5, 5.41) is 0.653. The van der Waals surface area contributed by atoms with E-state index in [0.29, 0.717) is 17.3 Å². The number of nitrogens with two attached hydrogens (primary N) is 1. The highest BCUT2D eigenvalue weighted by atomic mass is 35.5. The van der Waals surface area contributed by atoms with Crippen molar-refractivity contribution in [3.05, 3.63) is 64.9 Å². The zero-order valence-electron chi connectivity index (χ0n) is 9.64. The molecule has 0 aliphatic heterocycles. The van der Waals surface area contributed by atoms with Gasteiger partial charge in [-0.15, -0.1) is 0 Å². The summed E-state index contributed by atoms with van der Waals surface area (Å²) >= 11 is 5.82. The first-order chi connectivity index (χ1) is 8.69. The topological polar surface area (TPSA) is 35.2 Å². The average molecular weight is 266 g/mol. The van der Waals surface area contributed by atoms with Gasteiger partial charge in [-0.25, -0.2) is 4.39 Å². The fraction of sp³-hybridized carbons (Fsp3) is 0.143. The van der Waals surface area contributed by atoms with Crippen molar-refractivity contribution in [2.45, 2.75) is 6.10 Å². The minimum Gasteiger partial charge on any atom is -0.484 e. The Morgan fingerprint density at radius 1 is 1.17 bits per heavy atom. The zero-order chi connectivity index (χ0) is 13.0. The Labute approximate surface area is 110 Å². The summed E-state index contributed by atoms with van der Waals surface area (Å²) in [4.78, 5) is 0. The van der Waals surface area contributed by atoms with Gasteiger partial charge in [-0.05, 0) is 29.8 Å². The number of ether oxygens (including phenoxy) is 1. The summed E-state index contributed by atoms with van der Waals surface area (Å²) in [6.07, 6.45) is -0.316. The van der Waals surface area contributed by atoms with Crippen molar-refractivity contribution in [3.8, 4) is 5.75 Å². The summed E-state index contributed by atoms with van der Waals surface area (Å²) in [7, 11) is 0. The minimum absolute atomic E-state index is 0.304. The van der Waals surface area contributed by atoms with E-state index in [2.05, 4.69) is 0 Å². The number of rotatable bonds is 4. The first-order valence-corrected chi connectivity index (χ1v) is 5.94. The third-order valence-corrected chi connectivity index (χ3v) is 2.78. The van der Waals surface area contributed by atoms with Gasteiger partial charge >= 0.3 is 0 Å². The van der Waals surface area contributed by atoms with Crippen LogP contribution < -0.4 is 10.5 Å². The standard InChI is InChI=1S/C14H13ClFNO/c15-11-6-4-10(5-7-11)14(9-17)18-13-3-1-2-12(16)8-13/h1-8,14H,9,17H2. The Morgan fingerprint density at radius 3 is 2.50 bits per heavy atom. The monoisotopic (exact) mass is 265 g/mol. The molecule has 0 spiro atoms. The highest BCUT2D eigenvalue weighted by Crippen LogP contribution is 2.23. The summed E-state index contributed by atoms with van der Waals surface area (Å²) in [5.74, 6) is 0.125. The zero-order valence-corrected chi connectivity index (χ0v) is 10.4. The maximum absolute atomic E-state index is 13.0. The molecular weight excluding hydrogens is 253 g/mol. The van der Waals surface area contributed by atoms with Crippen molar-refractivity contribution in [2.75, 3.05) is 6.54 Å². The molecule has 1 atom stereocenters. The largest absolute Gasteiger partial charge is 0.484 e. The molecule has 0 saturated carbocycles. The molecule has 1 unspecified atom stereocenters. The number of hydrogen-bond donors (Lipinski definition) is 1. The van der Waals surface area contributed by atoms with Gasteiger partial charge in [-0.3, -0.25) is 0 Å².